The lowest BCUT2D eigenvalue weighted by Crippen LogP contribution is -2.57. The summed E-state index contributed by atoms with van der Waals surface area (Å²) in [7, 11) is 0. The van der Waals surface area contributed by atoms with Gasteiger partial charge in [0.25, 0.3) is 0 Å². The molecule has 0 amide bonds. The summed E-state index contributed by atoms with van der Waals surface area (Å²) in [6, 6.07) is 0. The van der Waals surface area contributed by atoms with Crippen molar-refractivity contribution in [2.75, 3.05) is 52.6 Å². The van der Waals surface area contributed by atoms with Crippen LogP contribution >= 0.6 is 11.6 Å². The van der Waals surface area contributed by atoms with Gasteiger partial charge < -0.3 is 20.9 Å². The maximum Gasteiger partial charge on any atom is 0.0835 e. The van der Waals surface area contributed by atoms with Crippen LogP contribution in [0, 0.1) is 0 Å². The maximum absolute atomic E-state index is 6.29. The molecule has 19 heavy (non-hydrogen) atoms. The van der Waals surface area contributed by atoms with Crippen molar-refractivity contribution < 1.29 is 9.47 Å². The van der Waals surface area contributed by atoms with E-state index in [1.165, 1.54) is 5.54 Å². The van der Waals surface area contributed by atoms with Crippen LogP contribution in [0.15, 0.2) is 11.1 Å². The van der Waals surface area contributed by atoms with Crippen LogP contribution < -0.4 is 11.5 Å². The minimum atomic E-state index is -0.251. The van der Waals surface area contributed by atoms with Crippen molar-refractivity contribution in [1.82, 2.24) is 9.80 Å². The molecule has 2 saturated heterocycles. The first kappa shape index (κ1) is 15.2. The van der Waals surface area contributed by atoms with Gasteiger partial charge in [0.05, 0.1) is 38.8 Å². The van der Waals surface area contributed by atoms with E-state index in [0.717, 1.165) is 31.8 Å². The van der Waals surface area contributed by atoms with Crippen LogP contribution in [0.4, 0.5) is 0 Å². The highest BCUT2D eigenvalue weighted by molar-refractivity contribution is 6.25. The van der Waals surface area contributed by atoms with Crippen LogP contribution in [-0.4, -0.2) is 74.7 Å². The number of nitrogens with two attached hydrogens (primary N) is 2. The van der Waals surface area contributed by atoms with Gasteiger partial charge in [0.15, 0.2) is 0 Å². The Balaban J connectivity index is 1.97. The summed E-state index contributed by atoms with van der Waals surface area (Å²) in [6.07, 6.45) is -0.501. The topological polar surface area (TPSA) is 77.0 Å². The summed E-state index contributed by atoms with van der Waals surface area (Å²) >= 11 is 5.96. The number of rotatable bonds is 4. The van der Waals surface area contributed by atoms with E-state index in [1.54, 1.807) is 0 Å². The fourth-order valence-corrected chi connectivity index (χ4v) is 2.70. The van der Waals surface area contributed by atoms with Gasteiger partial charge in [-0.3, -0.25) is 9.80 Å². The molecule has 4 N–H and O–H groups in total. The van der Waals surface area contributed by atoms with Crippen LogP contribution in [0.2, 0.25) is 0 Å². The Morgan fingerprint density at radius 1 is 0.895 bits per heavy atom. The molecule has 0 saturated carbocycles. The second-order valence-electron chi connectivity index (χ2n) is 4.80. The first-order chi connectivity index (χ1) is 9.24. The average molecular weight is 291 g/mol. The monoisotopic (exact) mass is 290 g/mol. The van der Waals surface area contributed by atoms with E-state index in [2.05, 4.69) is 9.80 Å². The summed E-state index contributed by atoms with van der Waals surface area (Å²) < 4.78 is 10.7. The molecular formula is C12H23ClN4O2. The Labute approximate surface area is 119 Å². The molecule has 110 valence electrons. The third kappa shape index (κ3) is 3.88. The van der Waals surface area contributed by atoms with Crippen molar-refractivity contribution in [2.24, 2.45) is 11.5 Å². The van der Waals surface area contributed by atoms with Crippen molar-refractivity contribution in [1.29, 1.82) is 0 Å². The molecule has 2 aliphatic rings. The number of ether oxygens (including phenoxy) is 2. The zero-order valence-electron chi connectivity index (χ0n) is 11.1. The molecule has 6 nitrogen and oxygen atoms in total. The molecule has 2 atom stereocenters. The van der Waals surface area contributed by atoms with Gasteiger partial charge in [-0.2, -0.15) is 0 Å². The number of halogens is 1. The lowest BCUT2D eigenvalue weighted by molar-refractivity contribution is 0.00933. The van der Waals surface area contributed by atoms with Crippen molar-refractivity contribution in [2.45, 2.75) is 12.3 Å². The Hall–Kier alpha value is -0.210. The van der Waals surface area contributed by atoms with Crippen LogP contribution in [0.25, 0.3) is 0 Å². The minimum absolute atomic E-state index is 0.251. The molecule has 0 radical (unpaired) electrons. The molecule has 2 unspecified atom stereocenters. The minimum Gasteiger partial charge on any atom is -0.379 e. The molecule has 2 fully saturated rings. The van der Waals surface area contributed by atoms with E-state index in [9.17, 15) is 0 Å². The molecule has 2 heterocycles. The predicted molar refractivity (Wildman–Crippen MR) is 74.7 cm³/mol. The third-order valence-electron chi connectivity index (χ3n) is 3.69. The number of nitrogens with zero attached hydrogens (tertiary/aromatic N) is 2. The molecule has 0 aromatic carbocycles. The van der Waals surface area contributed by atoms with Crippen molar-refractivity contribution >= 4 is 11.6 Å². The second-order valence-corrected chi connectivity index (χ2v) is 5.01. The lowest BCUT2D eigenvalue weighted by atomic mass is 10.1. The highest BCUT2D eigenvalue weighted by atomic mass is 35.5. The third-order valence-corrected chi connectivity index (χ3v) is 3.94. The predicted octanol–water partition coefficient (Wildman–Crippen LogP) is -0.657. The Kier molecular flexibility index (Phi) is 6.03. The summed E-state index contributed by atoms with van der Waals surface area (Å²) in [5, 5.41) is 0. The molecule has 0 aliphatic carbocycles. The smallest absolute Gasteiger partial charge is 0.0835 e. The van der Waals surface area contributed by atoms with Gasteiger partial charge in [-0.05, 0) is 0 Å². The summed E-state index contributed by atoms with van der Waals surface area (Å²) in [5.74, 6) is 0. The van der Waals surface area contributed by atoms with Gasteiger partial charge in [0.2, 0.25) is 0 Å². The highest BCUT2D eigenvalue weighted by Crippen LogP contribution is 2.16. The first-order valence-corrected chi connectivity index (χ1v) is 7.12. The van der Waals surface area contributed by atoms with E-state index in [-0.39, 0.29) is 12.3 Å². The number of hydrogen-bond acceptors (Lipinski definition) is 6. The van der Waals surface area contributed by atoms with E-state index in [1.807, 2.05) is 0 Å². The molecule has 0 spiro atoms. The zero-order valence-corrected chi connectivity index (χ0v) is 11.9. The van der Waals surface area contributed by atoms with Gasteiger partial charge in [0, 0.05) is 37.3 Å². The molecular weight excluding hydrogens is 268 g/mol. The maximum atomic E-state index is 6.29. The van der Waals surface area contributed by atoms with Crippen LogP contribution in [0.5, 0.6) is 0 Å². The number of hydrogen-bond donors (Lipinski definition) is 2. The molecule has 0 bridgehead atoms. The van der Waals surface area contributed by atoms with E-state index >= 15 is 0 Å². The zero-order chi connectivity index (χ0) is 13.7. The van der Waals surface area contributed by atoms with Crippen LogP contribution in [0.1, 0.15) is 0 Å². The normalized spacial score (nSPS) is 25.8. The highest BCUT2D eigenvalue weighted by Gasteiger charge is 2.28. The standard InChI is InChI=1S/C12H23ClN4O2/c13-9-10(11(14)16-1-5-18-6-2-16)12(15)17-3-7-19-8-4-17/h9,11-12H,1-8,14-15H2. The van der Waals surface area contributed by atoms with E-state index in [0.29, 0.717) is 26.4 Å². The SMILES string of the molecule is NC(C(=CCl)C(N)N1CCOCC1)N1CCOCC1. The molecule has 2 rings (SSSR count). The van der Waals surface area contributed by atoms with Crippen molar-refractivity contribution in [3.8, 4) is 0 Å². The fourth-order valence-electron chi connectivity index (χ4n) is 2.44. The van der Waals surface area contributed by atoms with Gasteiger partial charge in [0.1, 0.15) is 0 Å². The van der Waals surface area contributed by atoms with Gasteiger partial charge in [-0.25, -0.2) is 0 Å². The average Bonchev–Trinajstić information content (AvgIpc) is 2.49. The summed E-state index contributed by atoms with van der Waals surface area (Å²) in [5.41, 5.74) is 15.0. The Morgan fingerprint density at radius 2 is 1.26 bits per heavy atom. The Bertz CT molecular complexity index is 278. The first-order valence-electron chi connectivity index (χ1n) is 6.69. The summed E-state index contributed by atoms with van der Waals surface area (Å²) in [6.45, 7) is 6.06. The van der Waals surface area contributed by atoms with Crippen LogP contribution in [-0.2, 0) is 9.47 Å². The molecule has 2 aliphatic heterocycles. The van der Waals surface area contributed by atoms with Gasteiger partial charge in [-0.15, -0.1) is 0 Å². The lowest BCUT2D eigenvalue weighted by Gasteiger charge is -2.39. The largest absolute Gasteiger partial charge is 0.379 e. The van der Waals surface area contributed by atoms with Gasteiger partial charge >= 0.3 is 0 Å². The fraction of sp³-hybridized carbons (Fsp3) is 0.833. The summed E-state index contributed by atoms with van der Waals surface area (Å²) in [4.78, 5) is 4.30. The van der Waals surface area contributed by atoms with Crippen molar-refractivity contribution in [3.63, 3.8) is 0 Å². The molecule has 0 aromatic rings. The number of morpholine rings is 2. The molecule has 7 heteroatoms. The van der Waals surface area contributed by atoms with Crippen LogP contribution in [0.3, 0.4) is 0 Å². The van der Waals surface area contributed by atoms with E-state index in [4.69, 9.17) is 32.5 Å². The van der Waals surface area contributed by atoms with Gasteiger partial charge in [-0.1, -0.05) is 11.6 Å². The van der Waals surface area contributed by atoms with E-state index < -0.39 is 0 Å². The quantitative estimate of drug-likeness (QED) is 0.716. The molecule has 0 aromatic heterocycles. The Morgan fingerprint density at radius 3 is 1.58 bits per heavy atom. The van der Waals surface area contributed by atoms with Crippen molar-refractivity contribution in [3.05, 3.63) is 11.1 Å². The second kappa shape index (κ2) is 7.54.